The molecule has 1 aliphatic rings. The molecule has 28 heavy (non-hydrogen) atoms. The number of benzene rings is 1. The molecular formula is C19H12ClF3N4O. The molecule has 5 nitrogen and oxygen atoms in total. The molecule has 0 aliphatic heterocycles. The number of halogens is 4. The van der Waals surface area contributed by atoms with Gasteiger partial charge in [0.05, 0.1) is 21.9 Å². The molecule has 3 heterocycles. The molecule has 142 valence electrons. The van der Waals surface area contributed by atoms with Gasteiger partial charge in [0, 0.05) is 29.1 Å². The third-order valence-electron chi connectivity index (χ3n) is 4.93. The lowest BCUT2D eigenvalue weighted by molar-refractivity contribution is 0.0573. The quantitative estimate of drug-likeness (QED) is 0.493. The number of hydrogen-bond donors (Lipinski definition) is 0. The molecule has 0 atom stereocenters. The molecule has 0 spiro atoms. The molecule has 0 radical (unpaired) electrons. The Bertz CT molecular complexity index is 1310. The number of rotatable bonds is 3. The highest BCUT2D eigenvalue weighted by atomic mass is 35.5. The molecule has 4 aromatic rings. The van der Waals surface area contributed by atoms with Gasteiger partial charge >= 0.3 is 6.55 Å². The summed E-state index contributed by atoms with van der Waals surface area (Å²) < 4.78 is 42.3. The van der Waals surface area contributed by atoms with Gasteiger partial charge < -0.3 is 0 Å². The fraction of sp³-hybridized carbons (Fsp3) is 0.211. The summed E-state index contributed by atoms with van der Waals surface area (Å²) in [5.74, 6) is -0.484. The van der Waals surface area contributed by atoms with E-state index >= 15 is 0 Å². The predicted molar refractivity (Wildman–Crippen MR) is 98.8 cm³/mol. The summed E-state index contributed by atoms with van der Waals surface area (Å²) in [6, 6.07) is 5.89. The smallest absolute Gasteiger partial charge is 0.273 e. The van der Waals surface area contributed by atoms with Crippen molar-refractivity contribution in [3.8, 4) is 5.69 Å². The Kier molecular flexibility index (Phi) is 3.74. The molecule has 0 unspecified atom stereocenters. The topological polar surface area (TPSA) is 52.7 Å². The summed E-state index contributed by atoms with van der Waals surface area (Å²) >= 11 is 5.97. The van der Waals surface area contributed by atoms with Crippen LogP contribution in [0.25, 0.3) is 27.5 Å². The largest absolute Gasteiger partial charge is 0.333 e. The van der Waals surface area contributed by atoms with Crippen molar-refractivity contribution < 1.29 is 13.2 Å². The minimum atomic E-state index is -2.92. The second-order valence-electron chi connectivity index (χ2n) is 6.76. The second kappa shape index (κ2) is 6.07. The molecule has 1 aliphatic carbocycles. The Labute approximate surface area is 161 Å². The first kappa shape index (κ1) is 17.2. The third kappa shape index (κ3) is 2.51. The van der Waals surface area contributed by atoms with Gasteiger partial charge in [-0.3, -0.25) is 14.3 Å². The zero-order valence-electron chi connectivity index (χ0n) is 14.2. The summed E-state index contributed by atoms with van der Waals surface area (Å²) in [4.78, 5) is 17.7. The van der Waals surface area contributed by atoms with Gasteiger partial charge in [-0.25, -0.2) is 9.07 Å². The van der Waals surface area contributed by atoms with E-state index in [9.17, 15) is 18.0 Å². The van der Waals surface area contributed by atoms with Gasteiger partial charge in [0.1, 0.15) is 5.82 Å². The van der Waals surface area contributed by atoms with Gasteiger partial charge in [-0.05, 0) is 37.1 Å². The average Bonchev–Trinajstić information content (AvgIpc) is 3.41. The van der Waals surface area contributed by atoms with E-state index in [2.05, 4.69) is 10.1 Å². The van der Waals surface area contributed by atoms with Crippen molar-refractivity contribution in [2.75, 3.05) is 0 Å². The van der Waals surface area contributed by atoms with Gasteiger partial charge in [0.15, 0.2) is 5.52 Å². The first-order valence-corrected chi connectivity index (χ1v) is 8.99. The summed E-state index contributed by atoms with van der Waals surface area (Å²) in [7, 11) is 0. The van der Waals surface area contributed by atoms with Crippen LogP contribution in [0.5, 0.6) is 0 Å². The van der Waals surface area contributed by atoms with Crippen molar-refractivity contribution in [3.63, 3.8) is 0 Å². The first-order chi connectivity index (χ1) is 13.5. The Balaban J connectivity index is 1.97. The maximum atomic E-state index is 14.2. The number of alkyl halides is 2. The van der Waals surface area contributed by atoms with Crippen molar-refractivity contribution >= 4 is 33.4 Å². The predicted octanol–water partition coefficient (Wildman–Crippen LogP) is 4.80. The Morgan fingerprint density at radius 2 is 2.00 bits per heavy atom. The van der Waals surface area contributed by atoms with Crippen LogP contribution in [0.2, 0.25) is 5.02 Å². The van der Waals surface area contributed by atoms with E-state index in [1.165, 1.54) is 10.6 Å². The van der Waals surface area contributed by atoms with E-state index in [1.54, 1.807) is 18.3 Å². The van der Waals surface area contributed by atoms with Crippen molar-refractivity contribution in [2.24, 2.45) is 0 Å². The molecule has 1 saturated carbocycles. The maximum absolute atomic E-state index is 14.2. The SMILES string of the molecule is O=c1c2nn(C(F)F)cc2c2cc(F)c(Cl)cc2n1-c1cccnc1C1CC1. The van der Waals surface area contributed by atoms with Crippen LogP contribution in [0.3, 0.4) is 0 Å². The Morgan fingerprint density at radius 1 is 1.21 bits per heavy atom. The average molecular weight is 405 g/mol. The van der Waals surface area contributed by atoms with Crippen molar-refractivity contribution in [3.05, 3.63) is 63.5 Å². The highest BCUT2D eigenvalue weighted by Crippen LogP contribution is 2.42. The molecule has 0 amide bonds. The Hall–Kier alpha value is -2.87. The van der Waals surface area contributed by atoms with Crippen molar-refractivity contribution in [1.82, 2.24) is 19.3 Å². The van der Waals surface area contributed by atoms with Crippen LogP contribution in [0.15, 0.2) is 41.5 Å². The monoisotopic (exact) mass is 404 g/mol. The molecule has 0 bridgehead atoms. The van der Waals surface area contributed by atoms with Gasteiger partial charge in [0.2, 0.25) is 0 Å². The van der Waals surface area contributed by atoms with Crippen LogP contribution < -0.4 is 5.56 Å². The van der Waals surface area contributed by atoms with E-state index in [0.717, 1.165) is 30.8 Å². The highest BCUT2D eigenvalue weighted by Gasteiger charge is 2.29. The minimum absolute atomic E-state index is 0.143. The van der Waals surface area contributed by atoms with Gasteiger partial charge in [-0.2, -0.15) is 13.9 Å². The molecule has 0 saturated heterocycles. The highest BCUT2D eigenvalue weighted by molar-refractivity contribution is 6.31. The van der Waals surface area contributed by atoms with Gasteiger partial charge in [-0.15, -0.1) is 0 Å². The van der Waals surface area contributed by atoms with Crippen LogP contribution in [0.4, 0.5) is 13.2 Å². The summed E-state index contributed by atoms with van der Waals surface area (Å²) in [6.45, 7) is -2.92. The fourth-order valence-corrected chi connectivity index (χ4v) is 3.67. The zero-order valence-corrected chi connectivity index (χ0v) is 15.0. The molecule has 3 aromatic heterocycles. The number of pyridine rings is 2. The lowest BCUT2D eigenvalue weighted by atomic mass is 10.1. The molecule has 5 rings (SSSR count). The van der Waals surface area contributed by atoms with E-state index in [0.29, 0.717) is 15.9 Å². The van der Waals surface area contributed by atoms with E-state index in [-0.39, 0.29) is 27.2 Å². The Morgan fingerprint density at radius 3 is 2.71 bits per heavy atom. The minimum Gasteiger partial charge on any atom is -0.273 e. The van der Waals surface area contributed by atoms with Crippen molar-refractivity contribution in [2.45, 2.75) is 25.3 Å². The lowest BCUT2D eigenvalue weighted by Gasteiger charge is -2.14. The van der Waals surface area contributed by atoms with Gasteiger partial charge in [0.25, 0.3) is 5.56 Å². The third-order valence-corrected chi connectivity index (χ3v) is 5.22. The van der Waals surface area contributed by atoms with E-state index < -0.39 is 17.9 Å². The standard InChI is InChI=1S/C19H12ClF3N4O/c20-12-7-15-10(6-13(12)21)11-8-26(19(22)23)25-17(11)18(28)27(15)14-2-1-5-24-16(14)9-3-4-9/h1-2,5-9,19H,3-4H2. The van der Waals surface area contributed by atoms with Crippen molar-refractivity contribution in [1.29, 1.82) is 0 Å². The summed E-state index contributed by atoms with van der Waals surface area (Å²) in [5.41, 5.74) is 0.822. The first-order valence-electron chi connectivity index (χ1n) is 8.62. The van der Waals surface area contributed by atoms with E-state index in [4.69, 9.17) is 11.6 Å². The van der Waals surface area contributed by atoms with Crippen LogP contribution >= 0.6 is 11.6 Å². The number of aromatic nitrogens is 4. The zero-order chi connectivity index (χ0) is 19.6. The van der Waals surface area contributed by atoms with Crippen LogP contribution in [-0.4, -0.2) is 19.3 Å². The normalized spacial score (nSPS) is 14.5. The molecule has 0 N–H and O–H groups in total. The maximum Gasteiger partial charge on any atom is 0.333 e. The molecule has 1 fully saturated rings. The van der Waals surface area contributed by atoms with Gasteiger partial charge in [-0.1, -0.05) is 11.6 Å². The number of hydrogen-bond acceptors (Lipinski definition) is 3. The lowest BCUT2D eigenvalue weighted by Crippen LogP contribution is -2.21. The molecular weight excluding hydrogens is 393 g/mol. The van der Waals surface area contributed by atoms with E-state index in [1.807, 2.05) is 0 Å². The number of fused-ring (bicyclic) bond motifs is 3. The van der Waals surface area contributed by atoms with Crippen LogP contribution in [0, 0.1) is 5.82 Å². The number of nitrogens with zero attached hydrogens (tertiary/aromatic N) is 4. The van der Waals surface area contributed by atoms with Crippen LogP contribution in [-0.2, 0) is 0 Å². The van der Waals surface area contributed by atoms with Crippen LogP contribution in [0.1, 0.15) is 31.0 Å². The summed E-state index contributed by atoms with van der Waals surface area (Å²) in [6.07, 6.45) is 4.59. The fourth-order valence-electron chi connectivity index (χ4n) is 3.51. The summed E-state index contributed by atoms with van der Waals surface area (Å²) in [5, 5.41) is 3.99. The molecule has 1 aromatic carbocycles. The molecule has 9 heteroatoms. The second-order valence-corrected chi connectivity index (χ2v) is 7.16.